The predicted octanol–water partition coefficient (Wildman–Crippen LogP) is 1.28. The van der Waals surface area contributed by atoms with Gasteiger partial charge in [-0.2, -0.15) is 0 Å². The van der Waals surface area contributed by atoms with Crippen LogP contribution < -0.4 is 11.1 Å². The molecular weight excluding hydrogens is 164 g/mol. The van der Waals surface area contributed by atoms with Crippen molar-refractivity contribution in [1.82, 2.24) is 0 Å². The molecule has 13 heavy (non-hydrogen) atoms. The standard InChI is InChI=1S/C10H14N2O/c1-7-5-3-4-6-9(7)12-8(2)10(11)13/h3-6,8,12H,1-2H3,(H2,11,13). The van der Waals surface area contributed by atoms with Crippen LogP contribution in [0.2, 0.25) is 0 Å². The number of hydrogen-bond donors (Lipinski definition) is 2. The topological polar surface area (TPSA) is 55.1 Å². The van der Waals surface area contributed by atoms with E-state index in [1.807, 2.05) is 31.2 Å². The lowest BCUT2D eigenvalue weighted by Gasteiger charge is -2.13. The largest absolute Gasteiger partial charge is 0.374 e. The lowest BCUT2D eigenvalue weighted by Crippen LogP contribution is -2.32. The summed E-state index contributed by atoms with van der Waals surface area (Å²) in [6.45, 7) is 3.73. The molecule has 1 amide bonds. The Hall–Kier alpha value is -1.51. The summed E-state index contributed by atoms with van der Waals surface area (Å²) >= 11 is 0. The van der Waals surface area contributed by atoms with Crippen LogP contribution in [0.25, 0.3) is 0 Å². The minimum Gasteiger partial charge on any atom is -0.374 e. The molecule has 0 aromatic heterocycles. The molecule has 0 aliphatic carbocycles. The number of anilines is 1. The highest BCUT2D eigenvalue weighted by molar-refractivity contribution is 5.82. The third-order valence-corrected chi connectivity index (χ3v) is 1.94. The van der Waals surface area contributed by atoms with E-state index in [1.54, 1.807) is 6.92 Å². The quantitative estimate of drug-likeness (QED) is 0.732. The highest BCUT2D eigenvalue weighted by atomic mass is 16.1. The monoisotopic (exact) mass is 178 g/mol. The second-order valence-electron chi connectivity index (χ2n) is 3.08. The Bertz CT molecular complexity index is 310. The minimum absolute atomic E-state index is 0.332. The second kappa shape index (κ2) is 3.94. The van der Waals surface area contributed by atoms with Gasteiger partial charge in [-0.3, -0.25) is 4.79 Å². The summed E-state index contributed by atoms with van der Waals surface area (Å²) in [6.07, 6.45) is 0. The number of para-hydroxylation sites is 1. The Balaban J connectivity index is 2.74. The van der Waals surface area contributed by atoms with Crippen LogP contribution >= 0.6 is 0 Å². The van der Waals surface area contributed by atoms with Crippen LogP contribution in [-0.4, -0.2) is 11.9 Å². The number of rotatable bonds is 3. The van der Waals surface area contributed by atoms with Crippen LogP contribution in [-0.2, 0) is 4.79 Å². The molecule has 3 nitrogen and oxygen atoms in total. The van der Waals surface area contributed by atoms with Crippen LogP contribution in [0.4, 0.5) is 5.69 Å². The summed E-state index contributed by atoms with van der Waals surface area (Å²) < 4.78 is 0. The molecule has 0 saturated heterocycles. The molecule has 0 saturated carbocycles. The highest BCUT2D eigenvalue weighted by Gasteiger charge is 2.08. The van der Waals surface area contributed by atoms with Gasteiger partial charge in [0.15, 0.2) is 0 Å². The smallest absolute Gasteiger partial charge is 0.239 e. The number of nitrogens with one attached hydrogen (secondary N) is 1. The van der Waals surface area contributed by atoms with Crippen molar-refractivity contribution in [2.75, 3.05) is 5.32 Å². The van der Waals surface area contributed by atoms with E-state index in [-0.39, 0.29) is 11.9 Å². The van der Waals surface area contributed by atoms with Crippen molar-refractivity contribution in [1.29, 1.82) is 0 Å². The molecule has 3 N–H and O–H groups in total. The van der Waals surface area contributed by atoms with E-state index < -0.39 is 0 Å². The Morgan fingerprint density at radius 2 is 2.08 bits per heavy atom. The molecule has 1 aromatic carbocycles. The van der Waals surface area contributed by atoms with Gasteiger partial charge in [0.05, 0.1) is 0 Å². The molecule has 0 aliphatic heterocycles. The maximum absolute atomic E-state index is 10.8. The first-order chi connectivity index (χ1) is 6.11. The zero-order valence-electron chi connectivity index (χ0n) is 7.87. The van der Waals surface area contributed by atoms with Crippen LogP contribution in [0, 0.1) is 6.92 Å². The van der Waals surface area contributed by atoms with Crippen LogP contribution in [0.3, 0.4) is 0 Å². The van der Waals surface area contributed by atoms with Gasteiger partial charge in [-0.25, -0.2) is 0 Å². The van der Waals surface area contributed by atoms with Crippen molar-refractivity contribution < 1.29 is 4.79 Å². The first kappa shape index (κ1) is 9.58. The van der Waals surface area contributed by atoms with E-state index in [1.165, 1.54) is 0 Å². The average Bonchev–Trinajstić information content (AvgIpc) is 2.08. The number of nitrogens with two attached hydrogens (primary N) is 1. The molecule has 70 valence electrons. The SMILES string of the molecule is Cc1ccccc1NC(C)C(N)=O. The lowest BCUT2D eigenvalue weighted by atomic mass is 10.2. The first-order valence-electron chi connectivity index (χ1n) is 4.22. The molecule has 1 unspecified atom stereocenters. The van der Waals surface area contributed by atoms with Gasteiger partial charge in [-0.05, 0) is 25.5 Å². The maximum atomic E-state index is 10.8. The molecule has 0 fully saturated rings. The molecule has 0 heterocycles. The van der Waals surface area contributed by atoms with E-state index >= 15 is 0 Å². The fraction of sp³-hybridized carbons (Fsp3) is 0.300. The molecule has 0 bridgehead atoms. The van der Waals surface area contributed by atoms with Gasteiger partial charge in [-0.1, -0.05) is 18.2 Å². The summed E-state index contributed by atoms with van der Waals surface area (Å²) in [7, 11) is 0. The number of amides is 1. The number of carbonyl (C=O) groups is 1. The van der Waals surface area contributed by atoms with E-state index in [2.05, 4.69) is 5.32 Å². The van der Waals surface area contributed by atoms with E-state index in [4.69, 9.17) is 5.73 Å². The van der Waals surface area contributed by atoms with Crippen molar-refractivity contribution in [3.8, 4) is 0 Å². The summed E-state index contributed by atoms with van der Waals surface area (Å²) in [6, 6.07) is 7.45. The van der Waals surface area contributed by atoms with Gasteiger partial charge in [0.1, 0.15) is 6.04 Å². The molecule has 0 radical (unpaired) electrons. The molecule has 1 aromatic rings. The van der Waals surface area contributed by atoms with E-state index in [0.29, 0.717) is 0 Å². The number of aryl methyl sites for hydroxylation is 1. The maximum Gasteiger partial charge on any atom is 0.239 e. The predicted molar refractivity (Wildman–Crippen MR) is 53.5 cm³/mol. The van der Waals surface area contributed by atoms with Crippen LogP contribution in [0.1, 0.15) is 12.5 Å². The van der Waals surface area contributed by atoms with Crippen molar-refractivity contribution in [3.63, 3.8) is 0 Å². The highest BCUT2D eigenvalue weighted by Crippen LogP contribution is 2.13. The molecule has 0 spiro atoms. The Labute approximate surface area is 77.9 Å². The van der Waals surface area contributed by atoms with Crippen molar-refractivity contribution >= 4 is 11.6 Å². The number of hydrogen-bond acceptors (Lipinski definition) is 2. The second-order valence-corrected chi connectivity index (χ2v) is 3.08. The van der Waals surface area contributed by atoms with Crippen molar-refractivity contribution in [3.05, 3.63) is 29.8 Å². The molecular formula is C10H14N2O. The normalized spacial score (nSPS) is 12.2. The van der Waals surface area contributed by atoms with Gasteiger partial charge in [-0.15, -0.1) is 0 Å². The Kier molecular flexibility index (Phi) is 2.90. The fourth-order valence-electron chi connectivity index (χ4n) is 1.04. The van der Waals surface area contributed by atoms with E-state index in [0.717, 1.165) is 11.3 Å². The Morgan fingerprint density at radius 1 is 1.46 bits per heavy atom. The molecule has 1 rings (SSSR count). The van der Waals surface area contributed by atoms with Crippen LogP contribution in [0.5, 0.6) is 0 Å². The van der Waals surface area contributed by atoms with Gasteiger partial charge in [0.25, 0.3) is 0 Å². The minimum atomic E-state index is -0.344. The van der Waals surface area contributed by atoms with Crippen molar-refractivity contribution in [2.45, 2.75) is 19.9 Å². The number of primary amides is 1. The summed E-state index contributed by atoms with van der Waals surface area (Å²) in [5.74, 6) is -0.344. The third-order valence-electron chi connectivity index (χ3n) is 1.94. The molecule has 0 aliphatic rings. The zero-order valence-corrected chi connectivity index (χ0v) is 7.87. The van der Waals surface area contributed by atoms with Gasteiger partial charge in [0, 0.05) is 5.69 Å². The van der Waals surface area contributed by atoms with Gasteiger partial charge < -0.3 is 11.1 Å². The number of carbonyl (C=O) groups excluding carboxylic acids is 1. The summed E-state index contributed by atoms with van der Waals surface area (Å²) in [4.78, 5) is 10.8. The summed E-state index contributed by atoms with van der Waals surface area (Å²) in [5, 5.41) is 3.04. The number of benzene rings is 1. The Morgan fingerprint density at radius 3 is 2.62 bits per heavy atom. The van der Waals surface area contributed by atoms with Crippen LogP contribution in [0.15, 0.2) is 24.3 Å². The first-order valence-corrected chi connectivity index (χ1v) is 4.22. The fourth-order valence-corrected chi connectivity index (χ4v) is 1.04. The zero-order chi connectivity index (χ0) is 9.84. The van der Waals surface area contributed by atoms with E-state index in [9.17, 15) is 4.79 Å². The lowest BCUT2D eigenvalue weighted by molar-refractivity contribution is -0.118. The van der Waals surface area contributed by atoms with Gasteiger partial charge >= 0.3 is 0 Å². The van der Waals surface area contributed by atoms with Crippen molar-refractivity contribution in [2.24, 2.45) is 5.73 Å². The third kappa shape index (κ3) is 2.47. The molecule has 3 heteroatoms. The average molecular weight is 178 g/mol. The summed E-state index contributed by atoms with van der Waals surface area (Å²) in [5.41, 5.74) is 7.19. The van der Waals surface area contributed by atoms with Gasteiger partial charge in [0.2, 0.25) is 5.91 Å². The molecule has 1 atom stereocenters.